The number of hydrogen-bond donors (Lipinski definition) is 1. The maximum atomic E-state index is 6.34. The van der Waals surface area contributed by atoms with Crippen LogP contribution in [0.5, 0.6) is 11.5 Å². The Hall–Kier alpha value is -2.00. The molecule has 2 aromatic rings. The van der Waals surface area contributed by atoms with E-state index in [1.165, 1.54) is 0 Å². The van der Waals surface area contributed by atoms with Crippen molar-refractivity contribution in [3.8, 4) is 11.5 Å². The number of benzene rings is 2. The Labute approximate surface area is 133 Å². The Bertz CT molecular complexity index is 603. The zero-order valence-electron chi connectivity index (χ0n) is 13.8. The Balaban J connectivity index is 2.21. The summed E-state index contributed by atoms with van der Waals surface area (Å²) >= 11 is 0. The van der Waals surface area contributed by atoms with Gasteiger partial charge in [0.2, 0.25) is 0 Å². The fraction of sp³-hybridized carbons (Fsp3) is 0.368. The molecule has 0 aliphatic carbocycles. The first-order valence-electron chi connectivity index (χ1n) is 7.52. The minimum absolute atomic E-state index is 0.00864. The minimum Gasteiger partial charge on any atom is -0.493 e. The van der Waals surface area contributed by atoms with E-state index in [-0.39, 0.29) is 11.5 Å². The first-order chi connectivity index (χ1) is 10.4. The van der Waals surface area contributed by atoms with Gasteiger partial charge in [0.15, 0.2) is 11.5 Å². The van der Waals surface area contributed by atoms with Crippen LogP contribution in [0.4, 0.5) is 0 Å². The molecule has 0 aliphatic rings. The molecule has 0 fully saturated rings. The van der Waals surface area contributed by atoms with Gasteiger partial charge in [-0.05, 0) is 28.7 Å². The van der Waals surface area contributed by atoms with Crippen LogP contribution in [0.1, 0.15) is 37.9 Å². The number of ether oxygens (including phenoxy) is 2. The number of rotatable bonds is 5. The van der Waals surface area contributed by atoms with E-state index in [0.717, 1.165) is 22.6 Å². The molecule has 0 aromatic heterocycles. The van der Waals surface area contributed by atoms with Crippen LogP contribution in [-0.2, 0) is 6.61 Å². The fourth-order valence-electron chi connectivity index (χ4n) is 2.23. The highest BCUT2D eigenvalue weighted by molar-refractivity contribution is 5.44. The van der Waals surface area contributed by atoms with Crippen molar-refractivity contribution in [3.05, 3.63) is 59.7 Å². The second-order valence-corrected chi connectivity index (χ2v) is 6.53. The molecule has 1 atom stereocenters. The molecule has 3 nitrogen and oxygen atoms in total. The normalized spacial score (nSPS) is 12.8. The van der Waals surface area contributed by atoms with Crippen molar-refractivity contribution < 1.29 is 9.47 Å². The van der Waals surface area contributed by atoms with Gasteiger partial charge < -0.3 is 15.2 Å². The number of methoxy groups -OCH3 is 1. The van der Waals surface area contributed by atoms with Gasteiger partial charge in [0.1, 0.15) is 6.61 Å². The molecule has 0 spiro atoms. The summed E-state index contributed by atoms with van der Waals surface area (Å²) in [6, 6.07) is 15.9. The van der Waals surface area contributed by atoms with E-state index in [4.69, 9.17) is 15.2 Å². The van der Waals surface area contributed by atoms with Gasteiger partial charge in [0.25, 0.3) is 0 Å². The molecule has 118 valence electrons. The second-order valence-electron chi connectivity index (χ2n) is 6.53. The zero-order chi connectivity index (χ0) is 16.2. The van der Waals surface area contributed by atoms with Gasteiger partial charge >= 0.3 is 0 Å². The predicted octanol–water partition coefficient (Wildman–Crippen LogP) is 4.32. The van der Waals surface area contributed by atoms with Crippen molar-refractivity contribution >= 4 is 0 Å². The van der Waals surface area contributed by atoms with Gasteiger partial charge in [0, 0.05) is 6.04 Å². The first kappa shape index (κ1) is 16.4. The van der Waals surface area contributed by atoms with Crippen molar-refractivity contribution in [2.24, 2.45) is 11.1 Å². The molecule has 2 N–H and O–H groups in total. The summed E-state index contributed by atoms with van der Waals surface area (Å²) in [4.78, 5) is 0. The topological polar surface area (TPSA) is 44.5 Å². The van der Waals surface area contributed by atoms with Gasteiger partial charge in [-0.1, -0.05) is 57.2 Å². The van der Waals surface area contributed by atoms with Crippen LogP contribution in [0.2, 0.25) is 0 Å². The summed E-state index contributed by atoms with van der Waals surface area (Å²) in [6.45, 7) is 6.90. The van der Waals surface area contributed by atoms with Gasteiger partial charge in [-0.2, -0.15) is 0 Å². The Morgan fingerprint density at radius 2 is 1.68 bits per heavy atom. The molecule has 3 heteroatoms. The van der Waals surface area contributed by atoms with Gasteiger partial charge in [0.05, 0.1) is 7.11 Å². The summed E-state index contributed by atoms with van der Waals surface area (Å²) in [5.41, 5.74) is 8.51. The van der Waals surface area contributed by atoms with E-state index in [1.54, 1.807) is 7.11 Å². The van der Waals surface area contributed by atoms with Crippen molar-refractivity contribution in [2.75, 3.05) is 7.11 Å². The van der Waals surface area contributed by atoms with E-state index in [0.29, 0.717) is 6.61 Å². The van der Waals surface area contributed by atoms with Crippen LogP contribution < -0.4 is 15.2 Å². The van der Waals surface area contributed by atoms with Crippen LogP contribution in [0.3, 0.4) is 0 Å². The monoisotopic (exact) mass is 299 g/mol. The van der Waals surface area contributed by atoms with Crippen molar-refractivity contribution in [1.82, 2.24) is 0 Å². The summed E-state index contributed by atoms with van der Waals surface area (Å²) in [7, 11) is 1.65. The molecule has 2 aromatic carbocycles. The molecule has 0 saturated heterocycles. The average molecular weight is 299 g/mol. The Kier molecular flexibility index (Phi) is 5.09. The predicted molar refractivity (Wildman–Crippen MR) is 90.2 cm³/mol. The maximum Gasteiger partial charge on any atom is 0.161 e. The summed E-state index contributed by atoms with van der Waals surface area (Å²) < 4.78 is 11.3. The average Bonchev–Trinajstić information content (AvgIpc) is 2.52. The lowest BCUT2D eigenvalue weighted by molar-refractivity contribution is 0.281. The summed E-state index contributed by atoms with van der Waals surface area (Å²) in [6.07, 6.45) is 0. The highest BCUT2D eigenvalue weighted by atomic mass is 16.5. The van der Waals surface area contributed by atoms with Crippen LogP contribution in [0, 0.1) is 5.41 Å². The zero-order valence-corrected chi connectivity index (χ0v) is 13.8. The Morgan fingerprint density at radius 1 is 1.00 bits per heavy atom. The second kappa shape index (κ2) is 6.84. The SMILES string of the molecule is COc1ccc([C@@H](N)C(C)(C)C)cc1OCc1ccccc1. The standard InChI is InChI=1S/C19H25NO2/c1-19(2,3)18(20)15-10-11-16(21-4)17(12-15)22-13-14-8-6-5-7-9-14/h5-12,18H,13,20H2,1-4H3/t18-/m1/s1. The van der Waals surface area contributed by atoms with Crippen LogP contribution >= 0.6 is 0 Å². The third-order valence-electron chi connectivity index (χ3n) is 3.72. The minimum atomic E-state index is -0.0579. The molecule has 0 heterocycles. The molecule has 0 radical (unpaired) electrons. The Morgan fingerprint density at radius 3 is 2.27 bits per heavy atom. The lowest BCUT2D eigenvalue weighted by Gasteiger charge is -2.28. The maximum absolute atomic E-state index is 6.34. The van der Waals surface area contributed by atoms with Gasteiger partial charge in [-0.25, -0.2) is 0 Å². The van der Waals surface area contributed by atoms with E-state index in [9.17, 15) is 0 Å². The van der Waals surface area contributed by atoms with E-state index in [1.807, 2.05) is 48.5 Å². The molecule has 0 bridgehead atoms. The van der Waals surface area contributed by atoms with E-state index >= 15 is 0 Å². The largest absolute Gasteiger partial charge is 0.493 e. The van der Waals surface area contributed by atoms with Crippen molar-refractivity contribution in [1.29, 1.82) is 0 Å². The van der Waals surface area contributed by atoms with Crippen LogP contribution in [0.25, 0.3) is 0 Å². The third-order valence-corrected chi connectivity index (χ3v) is 3.72. The quantitative estimate of drug-likeness (QED) is 0.894. The molecular weight excluding hydrogens is 274 g/mol. The van der Waals surface area contributed by atoms with Crippen LogP contribution in [-0.4, -0.2) is 7.11 Å². The van der Waals surface area contributed by atoms with Crippen molar-refractivity contribution in [2.45, 2.75) is 33.4 Å². The van der Waals surface area contributed by atoms with E-state index in [2.05, 4.69) is 20.8 Å². The highest BCUT2D eigenvalue weighted by Gasteiger charge is 2.23. The molecule has 0 unspecified atom stereocenters. The lowest BCUT2D eigenvalue weighted by atomic mass is 9.83. The first-order valence-corrected chi connectivity index (χ1v) is 7.52. The summed E-state index contributed by atoms with van der Waals surface area (Å²) in [5.74, 6) is 1.45. The molecule has 22 heavy (non-hydrogen) atoms. The fourth-order valence-corrected chi connectivity index (χ4v) is 2.23. The summed E-state index contributed by atoms with van der Waals surface area (Å²) in [5, 5.41) is 0. The van der Waals surface area contributed by atoms with E-state index < -0.39 is 0 Å². The van der Waals surface area contributed by atoms with Gasteiger partial charge in [-0.3, -0.25) is 0 Å². The number of hydrogen-bond acceptors (Lipinski definition) is 3. The molecule has 2 rings (SSSR count). The third kappa shape index (κ3) is 4.01. The molecular formula is C19H25NO2. The molecule has 0 aliphatic heterocycles. The highest BCUT2D eigenvalue weighted by Crippen LogP contribution is 2.36. The van der Waals surface area contributed by atoms with Crippen LogP contribution in [0.15, 0.2) is 48.5 Å². The number of nitrogens with two attached hydrogens (primary N) is 1. The van der Waals surface area contributed by atoms with Gasteiger partial charge in [-0.15, -0.1) is 0 Å². The molecule has 0 saturated carbocycles. The smallest absolute Gasteiger partial charge is 0.161 e. The lowest BCUT2D eigenvalue weighted by Crippen LogP contribution is -2.26. The van der Waals surface area contributed by atoms with Crippen molar-refractivity contribution in [3.63, 3.8) is 0 Å². The molecule has 0 amide bonds.